The van der Waals surface area contributed by atoms with Crippen LogP contribution in [0.25, 0.3) is 0 Å². The van der Waals surface area contributed by atoms with Crippen LogP contribution in [-0.4, -0.2) is 63.4 Å². The van der Waals surface area contributed by atoms with Crippen LogP contribution in [0.15, 0.2) is 45.9 Å². The van der Waals surface area contributed by atoms with Crippen LogP contribution in [0.4, 0.5) is 0 Å². The summed E-state index contributed by atoms with van der Waals surface area (Å²) < 4.78 is 32.8. The Bertz CT molecular complexity index is 886. The molecule has 1 aliphatic heterocycles. The first kappa shape index (κ1) is 19.6. The van der Waals surface area contributed by atoms with Crippen molar-refractivity contribution in [2.75, 3.05) is 39.3 Å². The maximum absolute atomic E-state index is 12.5. The molecule has 27 heavy (non-hydrogen) atoms. The van der Waals surface area contributed by atoms with Crippen LogP contribution in [0.5, 0.6) is 0 Å². The molecule has 3 rings (SSSR count). The summed E-state index contributed by atoms with van der Waals surface area (Å²) in [6.45, 7) is 7.29. The second-order valence-corrected chi connectivity index (χ2v) is 8.51. The average molecular weight is 391 g/mol. The smallest absolute Gasteiger partial charge is 0.289 e. The van der Waals surface area contributed by atoms with Gasteiger partial charge in [0.25, 0.3) is 5.91 Å². The summed E-state index contributed by atoms with van der Waals surface area (Å²) >= 11 is 0. The van der Waals surface area contributed by atoms with Crippen LogP contribution in [0, 0.1) is 13.8 Å². The topological polar surface area (TPSA) is 82.9 Å². The lowest BCUT2D eigenvalue weighted by Gasteiger charge is -2.34. The molecule has 0 atom stereocenters. The highest BCUT2D eigenvalue weighted by atomic mass is 32.2. The molecule has 1 N–H and O–H groups in total. The Hall–Kier alpha value is -2.16. The van der Waals surface area contributed by atoms with E-state index in [2.05, 4.69) is 9.62 Å². The molecule has 8 heteroatoms. The Labute approximate surface area is 160 Å². The van der Waals surface area contributed by atoms with Gasteiger partial charge in [0.1, 0.15) is 0 Å². The van der Waals surface area contributed by atoms with Crippen molar-refractivity contribution in [3.8, 4) is 0 Å². The van der Waals surface area contributed by atoms with Crippen LogP contribution in [0.3, 0.4) is 0 Å². The number of aryl methyl sites for hydroxylation is 2. The average Bonchev–Trinajstić information content (AvgIpc) is 3.16. The van der Waals surface area contributed by atoms with E-state index in [0.29, 0.717) is 49.9 Å². The van der Waals surface area contributed by atoms with Gasteiger partial charge in [0.15, 0.2) is 5.76 Å². The van der Waals surface area contributed by atoms with Gasteiger partial charge in [-0.25, -0.2) is 13.1 Å². The molecule has 1 fully saturated rings. The molecule has 0 saturated carbocycles. The van der Waals surface area contributed by atoms with Crippen LogP contribution in [0.2, 0.25) is 0 Å². The van der Waals surface area contributed by atoms with Crippen LogP contribution in [-0.2, 0) is 10.0 Å². The van der Waals surface area contributed by atoms with Crippen molar-refractivity contribution in [2.24, 2.45) is 0 Å². The van der Waals surface area contributed by atoms with Gasteiger partial charge < -0.3 is 9.32 Å². The molecule has 0 spiro atoms. The van der Waals surface area contributed by atoms with Gasteiger partial charge in [0, 0.05) is 39.3 Å². The fourth-order valence-electron chi connectivity index (χ4n) is 3.25. The van der Waals surface area contributed by atoms with Crippen LogP contribution < -0.4 is 4.72 Å². The lowest BCUT2D eigenvalue weighted by atomic mass is 10.2. The fraction of sp³-hybridized carbons (Fsp3) is 0.421. The minimum atomic E-state index is -3.52. The normalized spacial score (nSPS) is 15.9. The van der Waals surface area contributed by atoms with Gasteiger partial charge in [-0.1, -0.05) is 17.7 Å². The van der Waals surface area contributed by atoms with E-state index in [-0.39, 0.29) is 5.91 Å². The monoisotopic (exact) mass is 391 g/mol. The number of benzene rings is 1. The predicted molar refractivity (Wildman–Crippen MR) is 102 cm³/mol. The molecule has 1 aromatic carbocycles. The van der Waals surface area contributed by atoms with Crippen molar-refractivity contribution in [1.29, 1.82) is 0 Å². The molecule has 2 aromatic rings. The van der Waals surface area contributed by atoms with E-state index in [0.717, 1.165) is 11.1 Å². The summed E-state index contributed by atoms with van der Waals surface area (Å²) in [5.41, 5.74) is 1.78. The lowest BCUT2D eigenvalue weighted by Crippen LogP contribution is -2.50. The molecule has 0 aliphatic carbocycles. The van der Waals surface area contributed by atoms with Crippen molar-refractivity contribution in [2.45, 2.75) is 18.7 Å². The molecule has 0 bridgehead atoms. The number of piperazine rings is 1. The number of furan rings is 1. The van der Waals surface area contributed by atoms with Gasteiger partial charge >= 0.3 is 0 Å². The molecular weight excluding hydrogens is 366 g/mol. The quantitative estimate of drug-likeness (QED) is 0.809. The number of sulfonamides is 1. The summed E-state index contributed by atoms with van der Waals surface area (Å²) in [6.07, 6.45) is 1.49. The van der Waals surface area contributed by atoms with Gasteiger partial charge in [-0.3, -0.25) is 9.69 Å². The maximum atomic E-state index is 12.5. The van der Waals surface area contributed by atoms with E-state index in [4.69, 9.17) is 4.42 Å². The van der Waals surface area contributed by atoms with Gasteiger partial charge in [-0.05, 0) is 37.6 Å². The van der Waals surface area contributed by atoms with E-state index in [9.17, 15) is 13.2 Å². The van der Waals surface area contributed by atoms with Crippen molar-refractivity contribution in [3.05, 3.63) is 53.5 Å². The molecule has 1 aliphatic rings. The van der Waals surface area contributed by atoms with Crippen molar-refractivity contribution in [1.82, 2.24) is 14.5 Å². The summed E-state index contributed by atoms with van der Waals surface area (Å²) in [4.78, 5) is 16.5. The van der Waals surface area contributed by atoms with Crippen LogP contribution >= 0.6 is 0 Å². The predicted octanol–water partition coefficient (Wildman–Crippen LogP) is 1.63. The third-order valence-corrected chi connectivity index (χ3v) is 6.35. The van der Waals surface area contributed by atoms with Gasteiger partial charge in [0.2, 0.25) is 10.0 Å². The molecule has 146 valence electrons. The zero-order chi connectivity index (χ0) is 19.4. The Morgan fingerprint density at radius 3 is 2.52 bits per heavy atom. The zero-order valence-electron chi connectivity index (χ0n) is 15.6. The zero-order valence-corrected chi connectivity index (χ0v) is 16.5. The Morgan fingerprint density at radius 1 is 1.15 bits per heavy atom. The van der Waals surface area contributed by atoms with E-state index in [1.165, 1.54) is 6.26 Å². The highest BCUT2D eigenvalue weighted by Crippen LogP contribution is 2.16. The van der Waals surface area contributed by atoms with Gasteiger partial charge in [-0.2, -0.15) is 0 Å². The maximum Gasteiger partial charge on any atom is 0.289 e. The number of carbonyl (C=O) groups excluding carboxylic acids is 1. The third-order valence-electron chi connectivity index (χ3n) is 4.73. The fourth-order valence-corrected chi connectivity index (χ4v) is 4.49. The minimum absolute atomic E-state index is 0.102. The standard InChI is InChI=1S/C19H25N3O4S/c1-15-5-6-18(16(2)14-15)27(24,25)20-7-8-21-9-11-22(12-10-21)19(23)17-4-3-13-26-17/h3-6,13-14,20H,7-12H2,1-2H3. The number of nitrogens with one attached hydrogen (secondary N) is 1. The van der Waals surface area contributed by atoms with E-state index < -0.39 is 10.0 Å². The highest BCUT2D eigenvalue weighted by Gasteiger charge is 2.24. The van der Waals surface area contributed by atoms with Crippen molar-refractivity contribution in [3.63, 3.8) is 0 Å². The molecule has 7 nitrogen and oxygen atoms in total. The van der Waals surface area contributed by atoms with E-state index >= 15 is 0 Å². The first-order valence-corrected chi connectivity index (χ1v) is 10.5. The number of amides is 1. The molecule has 1 saturated heterocycles. The molecule has 1 aromatic heterocycles. The second-order valence-electron chi connectivity index (χ2n) is 6.78. The summed E-state index contributed by atoms with van der Waals surface area (Å²) in [7, 11) is -3.52. The van der Waals surface area contributed by atoms with Gasteiger partial charge in [-0.15, -0.1) is 0 Å². The Morgan fingerprint density at radius 2 is 1.89 bits per heavy atom. The molecule has 1 amide bonds. The molecule has 0 unspecified atom stereocenters. The SMILES string of the molecule is Cc1ccc(S(=O)(=O)NCCN2CCN(C(=O)c3ccco3)CC2)c(C)c1. The summed E-state index contributed by atoms with van der Waals surface area (Å²) in [5, 5.41) is 0. The van der Waals surface area contributed by atoms with E-state index in [1.807, 2.05) is 13.0 Å². The lowest BCUT2D eigenvalue weighted by molar-refractivity contribution is 0.0609. The Balaban J connectivity index is 1.47. The number of carbonyl (C=O) groups is 1. The summed E-state index contributed by atoms with van der Waals surface area (Å²) in [5.74, 6) is 0.250. The third kappa shape index (κ3) is 4.77. The molecule has 0 radical (unpaired) electrons. The summed E-state index contributed by atoms with van der Waals surface area (Å²) in [6, 6.07) is 8.68. The second kappa shape index (κ2) is 8.24. The van der Waals surface area contributed by atoms with Crippen LogP contribution in [0.1, 0.15) is 21.7 Å². The highest BCUT2D eigenvalue weighted by molar-refractivity contribution is 7.89. The van der Waals surface area contributed by atoms with Gasteiger partial charge in [0.05, 0.1) is 11.2 Å². The number of nitrogens with zero attached hydrogens (tertiary/aromatic N) is 2. The minimum Gasteiger partial charge on any atom is -0.459 e. The van der Waals surface area contributed by atoms with Crippen molar-refractivity contribution >= 4 is 15.9 Å². The Kier molecular flexibility index (Phi) is 5.98. The molecular formula is C19H25N3O4S. The first-order valence-electron chi connectivity index (χ1n) is 8.99. The molecule has 2 heterocycles. The first-order chi connectivity index (χ1) is 12.9. The van der Waals surface area contributed by atoms with Crippen molar-refractivity contribution < 1.29 is 17.6 Å². The number of hydrogen-bond acceptors (Lipinski definition) is 5. The number of rotatable bonds is 6. The largest absolute Gasteiger partial charge is 0.459 e. The number of hydrogen-bond donors (Lipinski definition) is 1. The van der Waals surface area contributed by atoms with E-state index in [1.54, 1.807) is 36.1 Å².